The van der Waals surface area contributed by atoms with E-state index in [9.17, 15) is 23.2 Å². The number of carbonyl (C=O) groups excluding carboxylic acids is 2. The highest BCUT2D eigenvalue weighted by Crippen LogP contribution is 2.37. The van der Waals surface area contributed by atoms with Gasteiger partial charge in [-0.3, -0.25) is 14.4 Å². The molecule has 1 aliphatic carbocycles. The number of fused-ring (bicyclic) bond motifs is 1. The zero-order valence-corrected chi connectivity index (χ0v) is 25.4. The Kier molecular flexibility index (Phi) is 9.12. The molecule has 4 aromatic rings. The summed E-state index contributed by atoms with van der Waals surface area (Å²) in [6.07, 6.45) is 7.62. The van der Waals surface area contributed by atoms with Gasteiger partial charge in [0.15, 0.2) is 22.6 Å². The second-order valence-electron chi connectivity index (χ2n) is 11.9. The minimum absolute atomic E-state index is 0.217. The number of hydrogen-bond donors (Lipinski definition) is 1. The van der Waals surface area contributed by atoms with E-state index in [2.05, 4.69) is 29.6 Å². The van der Waals surface area contributed by atoms with Crippen LogP contribution in [0.15, 0.2) is 87.6 Å². The lowest BCUT2D eigenvalue weighted by molar-refractivity contribution is -0.128. The number of amides is 2. The first kappa shape index (κ1) is 30.7. The molecule has 2 fully saturated rings. The van der Waals surface area contributed by atoms with Crippen LogP contribution in [0.4, 0.5) is 8.78 Å². The maximum absolute atomic E-state index is 14.4. The van der Waals surface area contributed by atoms with Gasteiger partial charge in [-0.2, -0.15) is 0 Å². The fraction of sp³-hybridized carbons (Fsp3) is 0.306. The van der Waals surface area contributed by atoms with Crippen LogP contribution < -0.4 is 10.7 Å². The van der Waals surface area contributed by atoms with Crippen LogP contribution in [-0.4, -0.2) is 29.3 Å². The average molecular weight is 631 g/mol. The van der Waals surface area contributed by atoms with Gasteiger partial charge in [-0.05, 0) is 79.3 Å². The molecular formula is C36H33ClF2N2O4. The monoisotopic (exact) mass is 630 g/mol. The molecule has 0 unspecified atom stereocenters. The Morgan fingerprint density at radius 2 is 1.78 bits per heavy atom. The molecular weight excluding hydrogens is 598 g/mol. The van der Waals surface area contributed by atoms with Gasteiger partial charge in [0.05, 0.1) is 11.4 Å². The van der Waals surface area contributed by atoms with E-state index in [1.807, 2.05) is 23.1 Å². The highest BCUT2D eigenvalue weighted by atomic mass is 35.5. The van der Waals surface area contributed by atoms with Crippen LogP contribution in [0.1, 0.15) is 71.7 Å². The Labute approximate surface area is 264 Å². The van der Waals surface area contributed by atoms with Crippen LogP contribution in [0.25, 0.3) is 11.0 Å². The van der Waals surface area contributed by atoms with Gasteiger partial charge in [0.25, 0.3) is 5.91 Å². The summed E-state index contributed by atoms with van der Waals surface area (Å²) in [4.78, 5) is 40.1. The van der Waals surface area contributed by atoms with E-state index in [4.69, 9.17) is 16.0 Å². The first-order chi connectivity index (χ1) is 21.7. The third-order valence-corrected chi connectivity index (χ3v) is 9.00. The molecule has 2 aliphatic rings. The molecule has 1 aliphatic heterocycles. The Balaban J connectivity index is 1.20. The van der Waals surface area contributed by atoms with Crippen LogP contribution in [0.3, 0.4) is 0 Å². The SMILES string of the molecule is O=C(N[C@@H](C=C1CCC(c2ccccc2CN2CCCC2=O)CC1)Cc1ccc(Cl)cc1)c1cc(=O)c2cc(F)cc(F)c2o1. The molecule has 9 heteroatoms. The van der Waals surface area contributed by atoms with Gasteiger partial charge in [-0.25, -0.2) is 8.78 Å². The van der Waals surface area contributed by atoms with E-state index in [-0.39, 0.29) is 17.1 Å². The van der Waals surface area contributed by atoms with Crippen molar-refractivity contribution in [2.45, 2.75) is 63.5 Å². The van der Waals surface area contributed by atoms with Crippen LogP contribution >= 0.6 is 11.6 Å². The molecule has 3 aromatic carbocycles. The van der Waals surface area contributed by atoms with Crippen molar-refractivity contribution in [1.29, 1.82) is 0 Å². The maximum Gasteiger partial charge on any atom is 0.287 e. The number of halogens is 3. The van der Waals surface area contributed by atoms with Gasteiger partial charge < -0.3 is 14.6 Å². The van der Waals surface area contributed by atoms with E-state index >= 15 is 0 Å². The lowest BCUT2D eigenvalue weighted by Crippen LogP contribution is -2.36. The fourth-order valence-corrected chi connectivity index (χ4v) is 6.59. The normalized spacial score (nSPS) is 17.5. The molecule has 6 nitrogen and oxygen atoms in total. The van der Waals surface area contributed by atoms with Gasteiger partial charge in [0, 0.05) is 36.7 Å². The van der Waals surface area contributed by atoms with E-state index < -0.39 is 34.6 Å². The smallest absolute Gasteiger partial charge is 0.287 e. The number of nitrogens with zero attached hydrogens (tertiary/aromatic N) is 1. The summed E-state index contributed by atoms with van der Waals surface area (Å²) in [6.45, 7) is 1.45. The minimum atomic E-state index is -1.05. The van der Waals surface area contributed by atoms with Gasteiger partial charge >= 0.3 is 0 Å². The number of nitrogens with one attached hydrogen (secondary N) is 1. The molecule has 1 aromatic heterocycles. The van der Waals surface area contributed by atoms with E-state index in [1.165, 1.54) is 16.7 Å². The molecule has 1 atom stereocenters. The van der Waals surface area contributed by atoms with Crippen molar-refractivity contribution >= 4 is 34.4 Å². The van der Waals surface area contributed by atoms with Crippen molar-refractivity contribution in [1.82, 2.24) is 10.2 Å². The van der Waals surface area contributed by atoms with Gasteiger partial charge in [0.2, 0.25) is 5.91 Å². The summed E-state index contributed by atoms with van der Waals surface area (Å²) >= 11 is 6.09. The summed E-state index contributed by atoms with van der Waals surface area (Å²) < 4.78 is 33.5. The van der Waals surface area contributed by atoms with Crippen molar-refractivity contribution in [3.05, 3.63) is 128 Å². The maximum atomic E-state index is 14.4. The highest BCUT2D eigenvalue weighted by molar-refractivity contribution is 6.30. The number of allylic oxidation sites excluding steroid dienone is 1. The predicted molar refractivity (Wildman–Crippen MR) is 169 cm³/mol. The Bertz CT molecular complexity index is 1830. The topological polar surface area (TPSA) is 79.6 Å². The summed E-state index contributed by atoms with van der Waals surface area (Å²) in [5.41, 5.74) is 3.48. The van der Waals surface area contributed by atoms with E-state index in [1.54, 1.807) is 12.1 Å². The first-order valence-electron chi connectivity index (χ1n) is 15.3. The zero-order valence-electron chi connectivity index (χ0n) is 24.7. The molecule has 1 N–H and O–H groups in total. The molecule has 0 radical (unpaired) electrons. The minimum Gasteiger partial charge on any atom is -0.448 e. The van der Waals surface area contributed by atoms with Crippen LogP contribution in [0.5, 0.6) is 0 Å². The Morgan fingerprint density at radius 1 is 1.02 bits per heavy atom. The Morgan fingerprint density at radius 3 is 2.51 bits per heavy atom. The molecule has 2 amide bonds. The molecule has 2 heterocycles. The molecule has 0 spiro atoms. The first-order valence-corrected chi connectivity index (χ1v) is 15.6. The predicted octanol–water partition coefficient (Wildman–Crippen LogP) is 7.47. The number of hydrogen-bond acceptors (Lipinski definition) is 4. The molecule has 232 valence electrons. The summed E-state index contributed by atoms with van der Waals surface area (Å²) in [5, 5.41) is 3.28. The van der Waals surface area contributed by atoms with Gasteiger partial charge in [-0.1, -0.05) is 59.6 Å². The molecule has 6 rings (SSSR count). The van der Waals surface area contributed by atoms with Gasteiger partial charge in [0.1, 0.15) is 5.82 Å². The third kappa shape index (κ3) is 7.17. The van der Waals surface area contributed by atoms with Crippen molar-refractivity contribution in [2.24, 2.45) is 0 Å². The molecule has 45 heavy (non-hydrogen) atoms. The van der Waals surface area contributed by atoms with E-state index in [0.29, 0.717) is 36.4 Å². The summed E-state index contributed by atoms with van der Waals surface area (Å²) in [7, 11) is 0. The Hall–Kier alpha value is -4.30. The van der Waals surface area contributed by atoms with Crippen LogP contribution in [0, 0.1) is 11.6 Å². The van der Waals surface area contributed by atoms with Gasteiger partial charge in [-0.15, -0.1) is 0 Å². The van der Waals surface area contributed by atoms with Crippen LogP contribution in [0.2, 0.25) is 5.02 Å². The number of benzene rings is 3. The fourth-order valence-electron chi connectivity index (χ4n) is 6.46. The second kappa shape index (κ2) is 13.4. The number of likely N-dealkylation sites (tertiary alicyclic amines) is 1. The zero-order chi connectivity index (χ0) is 31.5. The lowest BCUT2D eigenvalue weighted by atomic mass is 9.79. The molecule has 1 saturated heterocycles. The molecule has 0 bridgehead atoms. The average Bonchev–Trinajstić information content (AvgIpc) is 3.43. The van der Waals surface area contributed by atoms with Crippen LogP contribution in [-0.2, 0) is 17.8 Å². The lowest BCUT2D eigenvalue weighted by Gasteiger charge is -2.28. The highest BCUT2D eigenvalue weighted by Gasteiger charge is 2.26. The second-order valence-corrected chi connectivity index (χ2v) is 12.3. The van der Waals surface area contributed by atoms with Crippen molar-refractivity contribution in [3.63, 3.8) is 0 Å². The van der Waals surface area contributed by atoms with Crippen molar-refractivity contribution in [2.75, 3.05) is 6.54 Å². The van der Waals surface area contributed by atoms with Crippen molar-refractivity contribution < 1.29 is 22.8 Å². The van der Waals surface area contributed by atoms with Crippen molar-refractivity contribution in [3.8, 4) is 0 Å². The number of carbonyl (C=O) groups is 2. The molecule has 1 saturated carbocycles. The quantitative estimate of drug-likeness (QED) is 0.205. The third-order valence-electron chi connectivity index (χ3n) is 8.75. The standard InChI is InChI=1S/C36H33ClF2N2O4/c37-26-13-9-23(10-14-26)17-28(40-36(44)33-20-32(42)30-18-27(38)19-31(39)35(30)45-33)16-22-7-11-24(12-8-22)29-5-2-1-4-25(29)21-41-15-3-6-34(41)43/h1-2,4-5,9-10,13-14,16,18-20,24,28H,3,6-8,11-12,15,17,21H2,(H,40,44)/t24?,28-/m0/s1. The number of rotatable bonds is 8. The largest absolute Gasteiger partial charge is 0.448 e. The van der Waals surface area contributed by atoms with E-state index in [0.717, 1.165) is 56.3 Å². The summed E-state index contributed by atoms with van der Waals surface area (Å²) in [6, 6.07) is 17.7. The summed E-state index contributed by atoms with van der Waals surface area (Å²) in [5.74, 6) is -2.40.